The number of carboxylic acid groups (broad SMARTS) is 1. The van der Waals surface area contributed by atoms with Gasteiger partial charge >= 0.3 is 6.18 Å². The summed E-state index contributed by atoms with van der Waals surface area (Å²) in [6.45, 7) is 1.90. The maximum atomic E-state index is 13.3. The summed E-state index contributed by atoms with van der Waals surface area (Å²) >= 11 is 0. The molecule has 1 atom stereocenters. The van der Waals surface area contributed by atoms with E-state index in [0.717, 1.165) is 59.4 Å². The number of aliphatic carboxylic acids is 1. The number of H-pyrrole nitrogens is 3. The number of fused-ring (bicyclic) bond motifs is 2. The summed E-state index contributed by atoms with van der Waals surface area (Å²) in [4.78, 5) is 43.9. The van der Waals surface area contributed by atoms with Gasteiger partial charge in [-0.15, -0.1) is 0 Å². The lowest BCUT2D eigenvalue weighted by atomic mass is 10.0. The Balaban J connectivity index is 0.000000617. The number of Topliss-reactive ketones (excluding diaryl/α,β-unsaturated/α-hetero) is 1. The lowest BCUT2D eigenvalue weighted by Gasteiger charge is -2.13. The van der Waals surface area contributed by atoms with Crippen LogP contribution in [0, 0.1) is 0 Å². The molecule has 0 unspecified atom stereocenters. The van der Waals surface area contributed by atoms with Crippen LogP contribution in [0.3, 0.4) is 0 Å². The van der Waals surface area contributed by atoms with Gasteiger partial charge in [0.05, 0.1) is 7.11 Å². The second kappa shape index (κ2) is 15.2. The largest absolute Gasteiger partial charge is 0.542 e. The molecule has 3 aromatic carbocycles. The van der Waals surface area contributed by atoms with E-state index in [4.69, 9.17) is 14.6 Å². The van der Waals surface area contributed by atoms with Crippen LogP contribution in [0.25, 0.3) is 32.9 Å². The molecule has 0 saturated heterocycles. The molecule has 0 saturated carbocycles. The van der Waals surface area contributed by atoms with Crippen molar-refractivity contribution in [3.05, 3.63) is 84.4 Å². The van der Waals surface area contributed by atoms with Crippen LogP contribution in [-0.4, -0.2) is 40.9 Å². The second-order valence-electron chi connectivity index (χ2n) is 10.7. The number of amides is 1. The van der Waals surface area contributed by atoms with Gasteiger partial charge in [0.15, 0.2) is 5.69 Å². The van der Waals surface area contributed by atoms with Gasteiger partial charge < -0.3 is 24.9 Å². The van der Waals surface area contributed by atoms with Crippen molar-refractivity contribution in [1.82, 2.24) is 15.3 Å². The average molecular weight is 637 g/mol. The molecule has 0 aliphatic heterocycles. The molecule has 0 fully saturated rings. The van der Waals surface area contributed by atoms with Gasteiger partial charge in [-0.1, -0.05) is 50.1 Å². The summed E-state index contributed by atoms with van der Waals surface area (Å²) in [6.07, 6.45) is 1.40. The number of halogens is 3. The highest BCUT2D eigenvalue weighted by Crippen LogP contribution is 2.26. The van der Waals surface area contributed by atoms with Gasteiger partial charge in [-0.25, -0.2) is 9.97 Å². The van der Waals surface area contributed by atoms with Crippen LogP contribution < -0.4 is 20.1 Å². The Morgan fingerprint density at radius 2 is 1.67 bits per heavy atom. The first-order chi connectivity index (χ1) is 22.0. The molecule has 0 radical (unpaired) electrons. The minimum Gasteiger partial charge on any atom is -0.542 e. The number of benzene rings is 3. The topological polar surface area (TPSA) is 141 Å². The Bertz CT molecular complexity index is 1810. The smallest absolute Gasteiger partial charge is 0.430 e. The number of hydrogen-bond acceptors (Lipinski definition) is 5. The number of ether oxygens (including phenoxy) is 1. The number of alkyl halides is 3. The van der Waals surface area contributed by atoms with Crippen LogP contribution in [0.5, 0.6) is 5.75 Å². The van der Waals surface area contributed by atoms with E-state index in [1.165, 1.54) is 10.8 Å². The van der Waals surface area contributed by atoms with E-state index >= 15 is 0 Å². The van der Waals surface area contributed by atoms with Gasteiger partial charge in [0.25, 0.3) is 11.7 Å². The summed E-state index contributed by atoms with van der Waals surface area (Å²) in [6, 6.07) is 22.0. The molecule has 5 rings (SSSR count). The van der Waals surface area contributed by atoms with Crippen LogP contribution in [0.4, 0.5) is 13.2 Å². The zero-order valence-electron chi connectivity index (χ0n) is 25.4. The van der Waals surface area contributed by atoms with E-state index < -0.39 is 12.1 Å². The first-order valence-corrected chi connectivity index (χ1v) is 14.9. The average Bonchev–Trinajstić information content (AvgIpc) is 3.71. The number of methoxy groups -OCH3 is 1. The van der Waals surface area contributed by atoms with E-state index in [1.54, 1.807) is 7.11 Å². The predicted molar refractivity (Wildman–Crippen MR) is 165 cm³/mol. The van der Waals surface area contributed by atoms with Crippen molar-refractivity contribution in [3.8, 4) is 17.0 Å². The predicted octanol–water partition coefficient (Wildman–Crippen LogP) is 5.84. The van der Waals surface area contributed by atoms with E-state index in [0.29, 0.717) is 24.3 Å². The van der Waals surface area contributed by atoms with Crippen LogP contribution in [0.1, 0.15) is 67.8 Å². The maximum absolute atomic E-state index is 13.3. The van der Waals surface area contributed by atoms with E-state index in [-0.39, 0.29) is 11.9 Å². The number of carbonyl (C=O) groups is 3. The van der Waals surface area contributed by atoms with Crippen molar-refractivity contribution in [3.63, 3.8) is 0 Å². The van der Waals surface area contributed by atoms with Crippen molar-refractivity contribution in [2.24, 2.45) is 0 Å². The zero-order chi connectivity index (χ0) is 33.3. The maximum Gasteiger partial charge on any atom is 0.430 e. The Labute approximate surface area is 263 Å². The summed E-state index contributed by atoms with van der Waals surface area (Å²) in [5.41, 5.74) is 3.41. The van der Waals surface area contributed by atoms with Crippen molar-refractivity contribution >= 4 is 39.3 Å². The van der Waals surface area contributed by atoms with Gasteiger partial charge in [-0.05, 0) is 60.0 Å². The van der Waals surface area contributed by atoms with Gasteiger partial charge in [0.2, 0.25) is 0 Å². The first kappa shape index (κ1) is 33.8. The number of hydrogen-bond donors (Lipinski definition) is 3. The molecule has 242 valence electrons. The fraction of sp³-hybridized carbons (Fsp3) is 0.294. The molecule has 4 N–H and O–H groups in total. The van der Waals surface area contributed by atoms with Crippen molar-refractivity contribution in [2.45, 2.75) is 57.7 Å². The van der Waals surface area contributed by atoms with Gasteiger partial charge in [0.1, 0.15) is 35.4 Å². The highest BCUT2D eigenvalue weighted by atomic mass is 19.4. The number of aromatic nitrogens is 3. The lowest BCUT2D eigenvalue weighted by molar-refractivity contribution is -0.391. The Morgan fingerprint density at radius 1 is 0.935 bits per heavy atom. The minimum atomic E-state index is -5.19. The number of imidazole rings is 1. The van der Waals surface area contributed by atoms with E-state index in [2.05, 4.69) is 50.6 Å². The third kappa shape index (κ3) is 8.96. The monoisotopic (exact) mass is 636 g/mol. The molecule has 12 heteroatoms. The number of nitrogens with one attached hydrogen (secondary N) is 4. The molecule has 0 bridgehead atoms. The molecule has 0 spiro atoms. The van der Waals surface area contributed by atoms with Crippen molar-refractivity contribution in [1.29, 1.82) is 0 Å². The van der Waals surface area contributed by atoms with Crippen LogP contribution in [0.15, 0.2) is 72.9 Å². The second-order valence-corrected chi connectivity index (χ2v) is 10.7. The molecule has 0 aliphatic carbocycles. The zero-order valence-corrected chi connectivity index (χ0v) is 25.4. The number of carbonyl (C=O) groups excluding carboxylic acids is 3. The highest BCUT2D eigenvalue weighted by Gasteiger charge is 2.29. The number of rotatable bonds is 12. The fourth-order valence-corrected chi connectivity index (χ4v) is 4.98. The highest BCUT2D eigenvalue weighted by molar-refractivity contribution is 5.98. The van der Waals surface area contributed by atoms with Crippen molar-refractivity contribution < 1.29 is 42.4 Å². The molecule has 5 aromatic rings. The molecule has 2 aromatic heterocycles. The van der Waals surface area contributed by atoms with E-state index in [1.807, 2.05) is 49.5 Å². The summed E-state index contributed by atoms with van der Waals surface area (Å²) in [7, 11) is 1.63. The Morgan fingerprint density at radius 3 is 2.37 bits per heavy atom. The first-order valence-electron chi connectivity index (χ1n) is 14.9. The van der Waals surface area contributed by atoms with Crippen LogP contribution in [-0.2, 0) is 9.59 Å². The number of carboxylic acids is 1. The van der Waals surface area contributed by atoms with Crippen LogP contribution in [0.2, 0.25) is 0 Å². The summed E-state index contributed by atoms with van der Waals surface area (Å²) in [5, 5.41) is 15.3. The standard InChI is InChI=1S/C32H34N4O3.C2HF3O2/c1-3-25(37)11-5-4-6-12-28(36-32(38)29-19-24-18-26(39-2)15-16-27(24)34-29)31-33-20-30(35-31)23-14-13-21-9-7-8-10-22(21)17-23;3-2(4,5)1(6)7/h7-10,13-20,28,34H,3-6,11-12H2,1-2H3,(H,33,35)(H,36,38);(H,6,7)/t28-;/m0./s1. The number of ketones is 1. The molecule has 2 heterocycles. The quantitative estimate of drug-likeness (QED) is 0.148. The molecule has 1 amide bonds. The van der Waals surface area contributed by atoms with Crippen LogP contribution >= 0.6 is 0 Å². The fourth-order valence-electron chi connectivity index (χ4n) is 4.98. The normalized spacial score (nSPS) is 11.9. The minimum absolute atomic E-state index is 0.174. The Kier molecular flexibility index (Phi) is 11.2. The summed E-state index contributed by atoms with van der Waals surface area (Å²) in [5.74, 6) is -1.30. The van der Waals surface area contributed by atoms with Gasteiger partial charge in [-0.2, -0.15) is 13.2 Å². The molecular formula is C34H35F3N4O5. The lowest BCUT2D eigenvalue weighted by Crippen LogP contribution is -2.37. The van der Waals surface area contributed by atoms with Gasteiger partial charge in [0, 0.05) is 29.3 Å². The summed E-state index contributed by atoms with van der Waals surface area (Å²) < 4.78 is 36.9. The molecule has 0 aliphatic rings. The molecule has 9 nitrogen and oxygen atoms in total. The van der Waals surface area contributed by atoms with Crippen molar-refractivity contribution in [2.75, 3.05) is 7.11 Å². The third-order valence-corrected chi connectivity index (χ3v) is 7.50. The number of unbranched alkanes of at least 4 members (excludes halogenated alkanes) is 2. The Hall–Kier alpha value is -5.13. The SMILES string of the molecule is CCC(=O)CCCCC[C@H](NC(=O)c1cc2cc(OC)ccc2[nH]1)c1[nH]c(-c2ccc3ccccc3c2)c[nH+]1.O=C([O-])C(F)(F)F. The number of aromatic amines is 3. The third-order valence-electron chi connectivity index (χ3n) is 7.50. The van der Waals surface area contributed by atoms with Gasteiger partial charge in [-0.3, -0.25) is 9.59 Å². The molecular weight excluding hydrogens is 601 g/mol. The molecule has 46 heavy (non-hydrogen) atoms. The van der Waals surface area contributed by atoms with E-state index in [9.17, 15) is 22.8 Å².